The van der Waals surface area contributed by atoms with Crippen molar-refractivity contribution in [1.29, 1.82) is 0 Å². The summed E-state index contributed by atoms with van der Waals surface area (Å²) in [6.07, 6.45) is 4.30. The van der Waals surface area contributed by atoms with Crippen molar-refractivity contribution < 1.29 is 4.79 Å². The highest BCUT2D eigenvalue weighted by molar-refractivity contribution is 5.81. The Bertz CT molecular complexity index is 200. The highest BCUT2D eigenvalue weighted by Crippen LogP contribution is 2.19. The van der Waals surface area contributed by atoms with Gasteiger partial charge in [0.2, 0.25) is 0 Å². The topological polar surface area (TPSA) is 58.4 Å². The summed E-state index contributed by atoms with van der Waals surface area (Å²) in [4.78, 5) is 13.9. The van der Waals surface area contributed by atoms with E-state index < -0.39 is 0 Å². The van der Waals surface area contributed by atoms with Crippen LogP contribution in [-0.2, 0) is 4.79 Å². The lowest BCUT2D eigenvalue weighted by Crippen LogP contribution is -2.51. The third-order valence-electron chi connectivity index (χ3n) is 3.27. The third kappa shape index (κ3) is 3.47. The number of hydrogen-bond donors (Lipinski definition) is 2. The van der Waals surface area contributed by atoms with Gasteiger partial charge in [0.15, 0.2) is 0 Å². The van der Waals surface area contributed by atoms with Crippen LogP contribution in [0.1, 0.15) is 39.5 Å². The van der Waals surface area contributed by atoms with E-state index in [1.54, 1.807) is 0 Å². The maximum absolute atomic E-state index is 11.6. The van der Waals surface area contributed by atoms with Crippen molar-refractivity contribution in [1.82, 2.24) is 10.3 Å². The Labute approximate surface area is 92.2 Å². The van der Waals surface area contributed by atoms with Crippen molar-refractivity contribution in [3.8, 4) is 0 Å². The van der Waals surface area contributed by atoms with Gasteiger partial charge in [-0.1, -0.05) is 20.3 Å². The van der Waals surface area contributed by atoms with Crippen molar-refractivity contribution in [3.05, 3.63) is 0 Å². The van der Waals surface area contributed by atoms with Crippen LogP contribution in [0.25, 0.3) is 0 Å². The number of hydrazine groups is 1. The van der Waals surface area contributed by atoms with E-state index >= 15 is 0 Å². The van der Waals surface area contributed by atoms with Crippen LogP contribution in [0.2, 0.25) is 0 Å². The first-order chi connectivity index (χ1) is 7.19. The van der Waals surface area contributed by atoms with Crippen LogP contribution in [-0.4, -0.2) is 29.9 Å². The monoisotopic (exact) mass is 213 g/mol. The Morgan fingerprint density at radius 3 is 2.60 bits per heavy atom. The summed E-state index contributed by atoms with van der Waals surface area (Å²) in [5, 5.41) is 0. The highest BCUT2D eigenvalue weighted by atomic mass is 16.2. The van der Waals surface area contributed by atoms with E-state index in [2.05, 4.69) is 24.2 Å². The van der Waals surface area contributed by atoms with Crippen molar-refractivity contribution in [2.24, 2.45) is 11.8 Å². The van der Waals surface area contributed by atoms with E-state index in [0.717, 1.165) is 31.8 Å². The summed E-state index contributed by atoms with van der Waals surface area (Å²) in [6.45, 7) is 6.43. The highest BCUT2D eigenvalue weighted by Gasteiger charge is 2.27. The fraction of sp³-hybridized carbons (Fsp3) is 0.909. The Hall–Kier alpha value is -0.610. The molecule has 3 N–H and O–H groups in total. The average molecular weight is 213 g/mol. The van der Waals surface area contributed by atoms with E-state index in [4.69, 9.17) is 5.84 Å². The molecule has 1 heterocycles. The van der Waals surface area contributed by atoms with Crippen LogP contribution in [0.15, 0.2) is 0 Å². The van der Waals surface area contributed by atoms with Gasteiger partial charge in [0.05, 0.1) is 6.04 Å². The number of likely N-dealkylation sites (tertiary alicyclic amines) is 1. The molecule has 0 bridgehead atoms. The van der Waals surface area contributed by atoms with E-state index in [1.165, 1.54) is 12.8 Å². The molecule has 0 radical (unpaired) electrons. The maximum atomic E-state index is 11.6. The summed E-state index contributed by atoms with van der Waals surface area (Å²) in [6, 6.07) is -0.0208. The number of nitrogens with zero attached hydrogens (tertiary/aromatic N) is 1. The Balaban J connectivity index is 2.51. The average Bonchev–Trinajstić information content (AvgIpc) is 2.26. The number of carbonyl (C=O) groups excluding carboxylic acids is 1. The van der Waals surface area contributed by atoms with Gasteiger partial charge in [-0.3, -0.25) is 15.1 Å². The van der Waals surface area contributed by atoms with E-state index in [0.29, 0.717) is 0 Å². The number of carbonyl (C=O) groups is 1. The second-order valence-corrected chi connectivity index (χ2v) is 4.53. The molecule has 0 spiro atoms. The molecule has 1 fully saturated rings. The van der Waals surface area contributed by atoms with Crippen LogP contribution < -0.4 is 11.3 Å². The molecule has 0 aromatic rings. The molecule has 0 aliphatic carbocycles. The lowest BCUT2D eigenvalue weighted by atomic mass is 9.96. The molecule has 1 saturated heterocycles. The van der Waals surface area contributed by atoms with Crippen LogP contribution in [0.3, 0.4) is 0 Å². The standard InChI is InChI=1S/C11H23N3O/c1-3-4-10(11(15)13-12)14-7-5-9(2)6-8-14/h9-10H,3-8,12H2,1-2H3,(H,13,15)/t10-/m0/s1. The van der Waals surface area contributed by atoms with Crippen LogP contribution in [0.4, 0.5) is 0 Å². The minimum atomic E-state index is -0.0357. The number of piperidine rings is 1. The van der Waals surface area contributed by atoms with Crippen molar-refractivity contribution >= 4 is 5.91 Å². The lowest BCUT2D eigenvalue weighted by Gasteiger charge is -2.35. The molecule has 0 unspecified atom stereocenters. The number of amides is 1. The molecule has 15 heavy (non-hydrogen) atoms. The predicted molar refractivity (Wildman–Crippen MR) is 61.0 cm³/mol. The van der Waals surface area contributed by atoms with Gasteiger partial charge in [-0.25, -0.2) is 5.84 Å². The zero-order valence-electron chi connectivity index (χ0n) is 9.83. The minimum absolute atomic E-state index is 0.0208. The smallest absolute Gasteiger partial charge is 0.251 e. The fourth-order valence-electron chi connectivity index (χ4n) is 2.19. The summed E-state index contributed by atoms with van der Waals surface area (Å²) < 4.78 is 0. The van der Waals surface area contributed by atoms with Crippen LogP contribution >= 0.6 is 0 Å². The molecule has 1 aliphatic heterocycles. The van der Waals surface area contributed by atoms with Gasteiger partial charge in [-0.2, -0.15) is 0 Å². The summed E-state index contributed by atoms with van der Waals surface area (Å²) >= 11 is 0. The quantitative estimate of drug-likeness (QED) is 0.414. The molecular weight excluding hydrogens is 190 g/mol. The lowest BCUT2D eigenvalue weighted by molar-refractivity contribution is -0.127. The molecule has 0 aromatic carbocycles. The zero-order chi connectivity index (χ0) is 11.3. The van der Waals surface area contributed by atoms with E-state index in [9.17, 15) is 4.79 Å². The largest absolute Gasteiger partial charge is 0.293 e. The molecule has 1 rings (SSSR count). The first kappa shape index (κ1) is 12.5. The minimum Gasteiger partial charge on any atom is -0.293 e. The van der Waals surface area contributed by atoms with E-state index in [-0.39, 0.29) is 11.9 Å². The maximum Gasteiger partial charge on any atom is 0.251 e. The van der Waals surface area contributed by atoms with Crippen LogP contribution in [0, 0.1) is 5.92 Å². The summed E-state index contributed by atoms with van der Waals surface area (Å²) in [5.74, 6) is 5.97. The zero-order valence-corrected chi connectivity index (χ0v) is 9.83. The van der Waals surface area contributed by atoms with Gasteiger partial charge in [-0.15, -0.1) is 0 Å². The molecule has 4 heteroatoms. The number of rotatable bonds is 4. The molecule has 0 saturated carbocycles. The molecule has 88 valence electrons. The first-order valence-corrected chi connectivity index (χ1v) is 5.93. The van der Waals surface area contributed by atoms with Crippen LogP contribution in [0.5, 0.6) is 0 Å². The number of nitrogens with two attached hydrogens (primary N) is 1. The van der Waals surface area contributed by atoms with Gasteiger partial charge in [-0.05, 0) is 38.3 Å². The summed E-state index contributed by atoms with van der Waals surface area (Å²) in [5.41, 5.74) is 2.28. The van der Waals surface area contributed by atoms with Gasteiger partial charge in [0.1, 0.15) is 0 Å². The van der Waals surface area contributed by atoms with Crippen molar-refractivity contribution in [2.75, 3.05) is 13.1 Å². The molecule has 0 aromatic heterocycles. The fourth-order valence-corrected chi connectivity index (χ4v) is 2.19. The molecule has 1 atom stereocenters. The number of hydrogen-bond acceptors (Lipinski definition) is 3. The van der Waals surface area contributed by atoms with Gasteiger partial charge < -0.3 is 0 Å². The van der Waals surface area contributed by atoms with Gasteiger partial charge in [0.25, 0.3) is 5.91 Å². The SMILES string of the molecule is CCC[C@@H](C(=O)NN)N1CCC(C)CC1. The first-order valence-electron chi connectivity index (χ1n) is 5.93. The Morgan fingerprint density at radius 1 is 1.53 bits per heavy atom. The molecule has 4 nitrogen and oxygen atoms in total. The second kappa shape index (κ2) is 6.08. The van der Waals surface area contributed by atoms with Crippen molar-refractivity contribution in [2.45, 2.75) is 45.6 Å². The normalized spacial score (nSPS) is 21.3. The van der Waals surface area contributed by atoms with Crippen molar-refractivity contribution in [3.63, 3.8) is 0 Å². The Morgan fingerprint density at radius 2 is 2.13 bits per heavy atom. The van der Waals surface area contributed by atoms with E-state index in [1.807, 2.05) is 0 Å². The summed E-state index contributed by atoms with van der Waals surface area (Å²) in [7, 11) is 0. The molecule has 1 aliphatic rings. The second-order valence-electron chi connectivity index (χ2n) is 4.53. The molecule has 1 amide bonds. The number of nitrogens with one attached hydrogen (secondary N) is 1. The predicted octanol–water partition coefficient (Wildman–Crippen LogP) is 0.877. The third-order valence-corrected chi connectivity index (χ3v) is 3.27. The van der Waals surface area contributed by atoms with Gasteiger partial charge in [0, 0.05) is 0 Å². The van der Waals surface area contributed by atoms with Gasteiger partial charge >= 0.3 is 0 Å². The molecular formula is C11H23N3O. The Kier molecular flexibility index (Phi) is 5.05.